The fraction of sp³-hybridized carbons (Fsp3) is 0.500. The van der Waals surface area contributed by atoms with E-state index in [4.69, 9.17) is 4.74 Å². The lowest BCUT2D eigenvalue weighted by molar-refractivity contribution is -0.139. The number of allylic oxidation sites excluding steroid dienone is 3. The van der Waals surface area contributed by atoms with Crippen LogP contribution >= 0.6 is 0 Å². The summed E-state index contributed by atoms with van der Waals surface area (Å²) in [5, 5.41) is 0. The quantitative estimate of drug-likeness (QED) is 0.515. The number of carbonyl (C=O) groups excluding carboxylic acids is 2. The highest BCUT2D eigenvalue weighted by Crippen LogP contribution is 2.32. The minimum absolute atomic E-state index is 0.0761. The molecule has 0 bridgehead atoms. The minimum atomic E-state index is -0.327. The summed E-state index contributed by atoms with van der Waals surface area (Å²) in [6.45, 7) is 7.32. The average molecular weight is 208 g/mol. The molecule has 1 rings (SSSR count). The molecular weight excluding hydrogens is 192 g/mol. The van der Waals surface area contributed by atoms with Crippen molar-refractivity contribution in [3.05, 3.63) is 22.8 Å². The molecule has 0 aromatic rings. The van der Waals surface area contributed by atoms with Gasteiger partial charge in [0.05, 0.1) is 0 Å². The Balaban J connectivity index is 2.74. The monoisotopic (exact) mass is 208 g/mol. The molecule has 0 aliphatic heterocycles. The van der Waals surface area contributed by atoms with Gasteiger partial charge in [0, 0.05) is 18.4 Å². The molecule has 3 heteroatoms. The van der Waals surface area contributed by atoms with Crippen LogP contribution in [0.3, 0.4) is 0 Å². The van der Waals surface area contributed by atoms with Gasteiger partial charge in [-0.1, -0.05) is 12.5 Å². The van der Waals surface area contributed by atoms with E-state index in [-0.39, 0.29) is 24.3 Å². The third kappa shape index (κ3) is 2.35. The number of rotatable bonds is 2. The molecule has 0 spiro atoms. The molecular formula is C12H16O3. The number of carbonyl (C=O) groups is 2. The van der Waals surface area contributed by atoms with Crippen LogP contribution in [0.25, 0.3) is 0 Å². The molecule has 0 aromatic carbocycles. The molecule has 0 saturated carbocycles. The smallest absolute Gasteiger partial charge is 0.302 e. The Kier molecular flexibility index (Phi) is 3.45. The Morgan fingerprint density at radius 3 is 2.47 bits per heavy atom. The van der Waals surface area contributed by atoms with Gasteiger partial charge < -0.3 is 4.74 Å². The van der Waals surface area contributed by atoms with Gasteiger partial charge in [-0.2, -0.15) is 0 Å². The standard InChI is InChI=1S/C12H16O3/c1-7-8(2)11(12(14)9(7)3)5-6-15-10(4)13/h5,8H,6H2,1-4H3/b11-5+. The zero-order chi connectivity index (χ0) is 11.6. The summed E-state index contributed by atoms with van der Waals surface area (Å²) in [5.74, 6) is -0.105. The van der Waals surface area contributed by atoms with Gasteiger partial charge in [0.15, 0.2) is 5.78 Å². The molecule has 3 nitrogen and oxygen atoms in total. The number of hydrogen-bond acceptors (Lipinski definition) is 3. The van der Waals surface area contributed by atoms with E-state index in [1.54, 1.807) is 6.08 Å². The van der Waals surface area contributed by atoms with Crippen molar-refractivity contribution in [2.24, 2.45) is 5.92 Å². The number of ether oxygens (including phenoxy) is 1. The minimum Gasteiger partial charge on any atom is -0.462 e. The molecule has 1 aliphatic rings. The Morgan fingerprint density at radius 2 is 2.07 bits per heavy atom. The third-order valence-corrected chi connectivity index (χ3v) is 2.90. The lowest BCUT2D eigenvalue weighted by Crippen LogP contribution is -2.05. The van der Waals surface area contributed by atoms with Gasteiger partial charge in [-0.3, -0.25) is 9.59 Å². The zero-order valence-electron chi connectivity index (χ0n) is 9.59. The van der Waals surface area contributed by atoms with Crippen LogP contribution in [0.4, 0.5) is 0 Å². The van der Waals surface area contributed by atoms with Crippen LogP contribution in [0.1, 0.15) is 27.7 Å². The maximum atomic E-state index is 11.7. The Hall–Kier alpha value is -1.38. The van der Waals surface area contributed by atoms with E-state index in [1.807, 2.05) is 20.8 Å². The highest BCUT2D eigenvalue weighted by Gasteiger charge is 2.28. The SMILES string of the molecule is CC(=O)OC/C=C1/C(=O)C(C)=C(C)C1C. The van der Waals surface area contributed by atoms with Gasteiger partial charge in [-0.15, -0.1) is 0 Å². The number of Topliss-reactive ketones (excluding diaryl/α,β-unsaturated/α-hetero) is 1. The van der Waals surface area contributed by atoms with Crippen molar-refractivity contribution in [3.63, 3.8) is 0 Å². The summed E-state index contributed by atoms with van der Waals surface area (Å²) in [4.78, 5) is 22.3. The molecule has 0 aromatic heterocycles. The van der Waals surface area contributed by atoms with E-state index in [1.165, 1.54) is 6.92 Å². The Bertz CT molecular complexity index is 361. The lowest BCUT2D eigenvalue weighted by atomic mass is 10.00. The molecule has 0 saturated heterocycles. The maximum Gasteiger partial charge on any atom is 0.302 e. The van der Waals surface area contributed by atoms with Crippen LogP contribution in [-0.4, -0.2) is 18.4 Å². The van der Waals surface area contributed by atoms with Crippen LogP contribution in [0.2, 0.25) is 0 Å². The topological polar surface area (TPSA) is 43.4 Å². The first-order chi connectivity index (χ1) is 6.95. The summed E-state index contributed by atoms with van der Waals surface area (Å²) in [7, 11) is 0. The van der Waals surface area contributed by atoms with Crippen molar-refractivity contribution in [2.45, 2.75) is 27.7 Å². The van der Waals surface area contributed by atoms with E-state index in [0.717, 1.165) is 16.7 Å². The van der Waals surface area contributed by atoms with Gasteiger partial charge in [0.2, 0.25) is 0 Å². The molecule has 1 atom stereocenters. The molecule has 0 heterocycles. The molecule has 1 aliphatic carbocycles. The van der Waals surface area contributed by atoms with E-state index in [0.29, 0.717) is 0 Å². The van der Waals surface area contributed by atoms with Gasteiger partial charge in [0.25, 0.3) is 0 Å². The normalized spacial score (nSPS) is 23.9. The van der Waals surface area contributed by atoms with Gasteiger partial charge >= 0.3 is 5.97 Å². The first-order valence-corrected chi connectivity index (χ1v) is 5.00. The van der Waals surface area contributed by atoms with E-state index < -0.39 is 0 Å². The highest BCUT2D eigenvalue weighted by molar-refractivity contribution is 6.11. The van der Waals surface area contributed by atoms with Crippen LogP contribution in [0, 0.1) is 5.92 Å². The molecule has 0 amide bonds. The summed E-state index contributed by atoms with van der Waals surface area (Å²) >= 11 is 0. The molecule has 1 unspecified atom stereocenters. The van der Waals surface area contributed by atoms with Crippen molar-refractivity contribution in [2.75, 3.05) is 6.61 Å². The molecule has 82 valence electrons. The second-order valence-corrected chi connectivity index (χ2v) is 3.82. The van der Waals surface area contributed by atoms with E-state index in [9.17, 15) is 9.59 Å². The fourth-order valence-corrected chi connectivity index (χ4v) is 1.67. The van der Waals surface area contributed by atoms with Crippen molar-refractivity contribution < 1.29 is 14.3 Å². The van der Waals surface area contributed by atoms with Gasteiger partial charge in [-0.05, 0) is 25.5 Å². The predicted molar refractivity (Wildman–Crippen MR) is 57.3 cm³/mol. The fourth-order valence-electron chi connectivity index (χ4n) is 1.67. The van der Waals surface area contributed by atoms with Crippen molar-refractivity contribution >= 4 is 11.8 Å². The summed E-state index contributed by atoms with van der Waals surface area (Å²) in [6, 6.07) is 0. The van der Waals surface area contributed by atoms with E-state index >= 15 is 0 Å². The Morgan fingerprint density at radius 1 is 1.47 bits per heavy atom. The van der Waals surface area contributed by atoms with Gasteiger partial charge in [0.1, 0.15) is 6.61 Å². The van der Waals surface area contributed by atoms with Crippen molar-refractivity contribution in [1.82, 2.24) is 0 Å². The molecule has 0 N–H and O–H groups in total. The molecule has 0 radical (unpaired) electrons. The van der Waals surface area contributed by atoms with Crippen LogP contribution in [0.15, 0.2) is 22.8 Å². The van der Waals surface area contributed by atoms with Crippen molar-refractivity contribution in [1.29, 1.82) is 0 Å². The molecule has 0 fully saturated rings. The second-order valence-electron chi connectivity index (χ2n) is 3.82. The summed E-state index contributed by atoms with van der Waals surface area (Å²) < 4.78 is 4.78. The zero-order valence-corrected chi connectivity index (χ0v) is 9.59. The summed E-state index contributed by atoms with van der Waals surface area (Å²) in [6.07, 6.45) is 1.70. The first kappa shape index (κ1) is 11.7. The largest absolute Gasteiger partial charge is 0.462 e. The number of ketones is 1. The Labute approximate surface area is 89.8 Å². The highest BCUT2D eigenvalue weighted by atomic mass is 16.5. The maximum absolute atomic E-state index is 11.7. The molecule has 15 heavy (non-hydrogen) atoms. The van der Waals surface area contributed by atoms with E-state index in [2.05, 4.69) is 0 Å². The average Bonchev–Trinajstić information content (AvgIpc) is 2.34. The van der Waals surface area contributed by atoms with Crippen molar-refractivity contribution in [3.8, 4) is 0 Å². The predicted octanol–water partition coefficient (Wildman–Crippen LogP) is 2.03. The third-order valence-electron chi connectivity index (χ3n) is 2.90. The van der Waals surface area contributed by atoms with Gasteiger partial charge in [-0.25, -0.2) is 0 Å². The van der Waals surface area contributed by atoms with Crippen LogP contribution < -0.4 is 0 Å². The number of esters is 1. The van der Waals surface area contributed by atoms with Crippen LogP contribution in [0.5, 0.6) is 0 Å². The second kappa shape index (κ2) is 4.43. The number of hydrogen-bond donors (Lipinski definition) is 0. The first-order valence-electron chi connectivity index (χ1n) is 5.00. The summed E-state index contributed by atoms with van der Waals surface area (Å²) in [5.41, 5.74) is 2.66. The lowest BCUT2D eigenvalue weighted by Gasteiger charge is -2.06. The van der Waals surface area contributed by atoms with Crippen LogP contribution in [-0.2, 0) is 14.3 Å².